The van der Waals surface area contributed by atoms with E-state index in [2.05, 4.69) is 10.4 Å². The van der Waals surface area contributed by atoms with Crippen molar-refractivity contribution >= 4 is 17.5 Å². The van der Waals surface area contributed by atoms with Crippen molar-refractivity contribution < 1.29 is 14.8 Å². The molecule has 1 aliphatic heterocycles. The fourth-order valence-corrected chi connectivity index (χ4v) is 2.20. The van der Waals surface area contributed by atoms with Crippen molar-refractivity contribution in [1.82, 2.24) is 9.78 Å². The fraction of sp³-hybridized carbons (Fsp3) is 0.0769. The number of fused-ring (bicyclic) bond motifs is 1. The molecule has 0 spiro atoms. The minimum Gasteiger partial charge on any atom is -0.477 e. The zero-order chi connectivity index (χ0) is 15.0. The van der Waals surface area contributed by atoms with Crippen molar-refractivity contribution in [3.05, 3.63) is 64.0 Å². The second kappa shape index (κ2) is 4.75. The van der Waals surface area contributed by atoms with Crippen molar-refractivity contribution in [2.45, 2.75) is 6.04 Å². The lowest BCUT2D eigenvalue weighted by molar-refractivity contribution is -0.384. The second-order valence-corrected chi connectivity index (χ2v) is 4.46. The van der Waals surface area contributed by atoms with Gasteiger partial charge in [-0.15, -0.1) is 0 Å². The minimum absolute atomic E-state index is 0.0178. The lowest BCUT2D eigenvalue weighted by Gasteiger charge is -2.23. The molecular formula is C13H10N4O4. The number of rotatable bonds is 3. The number of carbonyl (C=O) groups is 1. The first-order valence-corrected chi connectivity index (χ1v) is 6.06. The summed E-state index contributed by atoms with van der Waals surface area (Å²) in [5.74, 6) is -0.521. The van der Waals surface area contributed by atoms with Crippen LogP contribution in [0.25, 0.3) is 0 Å². The summed E-state index contributed by atoms with van der Waals surface area (Å²) in [7, 11) is 0. The van der Waals surface area contributed by atoms with E-state index in [0.717, 1.165) is 0 Å². The molecule has 0 saturated heterocycles. The summed E-state index contributed by atoms with van der Waals surface area (Å²) in [5.41, 5.74) is 0.743. The molecule has 106 valence electrons. The Hall–Kier alpha value is -3.16. The average Bonchev–Trinajstić information content (AvgIpc) is 2.94. The number of benzene rings is 1. The molecule has 0 aliphatic carbocycles. The number of hydrogen-bond donors (Lipinski definition) is 2. The number of nitro groups is 1. The zero-order valence-electron chi connectivity index (χ0n) is 10.6. The van der Waals surface area contributed by atoms with Crippen LogP contribution in [0.5, 0.6) is 0 Å². The molecule has 2 N–H and O–H groups in total. The molecule has 8 heteroatoms. The largest absolute Gasteiger partial charge is 0.477 e. The Morgan fingerprint density at radius 1 is 1.33 bits per heavy atom. The molecule has 1 aromatic heterocycles. The Balaban J connectivity index is 2.04. The van der Waals surface area contributed by atoms with Crippen LogP contribution in [0.4, 0.5) is 11.5 Å². The van der Waals surface area contributed by atoms with E-state index in [1.54, 1.807) is 29.1 Å². The molecule has 1 unspecified atom stereocenters. The van der Waals surface area contributed by atoms with E-state index in [-0.39, 0.29) is 11.4 Å². The monoisotopic (exact) mass is 286 g/mol. The lowest BCUT2D eigenvalue weighted by Crippen LogP contribution is -2.23. The number of non-ortho nitro benzene ring substituents is 1. The van der Waals surface area contributed by atoms with Crippen LogP contribution in [0.15, 0.2) is 48.3 Å². The normalized spacial score (nSPS) is 16.6. The first-order valence-electron chi connectivity index (χ1n) is 6.06. The number of carboxylic acids is 1. The van der Waals surface area contributed by atoms with E-state index >= 15 is 0 Å². The Bertz CT molecular complexity index is 748. The number of nitrogens with one attached hydrogen (secondary N) is 1. The van der Waals surface area contributed by atoms with Gasteiger partial charge in [-0.1, -0.05) is 0 Å². The number of aliphatic carboxylic acids is 1. The summed E-state index contributed by atoms with van der Waals surface area (Å²) in [6.07, 6.45) is 3.07. The van der Waals surface area contributed by atoms with Crippen molar-refractivity contribution in [3.63, 3.8) is 0 Å². The van der Waals surface area contributed by atoms with Crippen molar-refractivity contribution in [1.29, 1.82) is 0 Å². The van der Waals surface area contributed by atoms with Crippen LogP contribution >= 0.6 is 0 Å². The minimum atomic E-state index is -1.07. The molecule has 2 aromatic rings. The summed E-state index contributed by atoms with van der Waals surface area (Å²) < 4.78 is 1.62. The number of anilines is 1. The van der Waals surface area contributed by atoms with Gasteiger partial charge in [-0.3, -0.25) is 10.1 Å². The molecule has 0 radical (unpaired) electrons. The molecule has 1 aromatic carbocycles. The SMILES string of the molecule is O=C(O)C1=CC(c2ccc([N+](=O)[O-])cc2)n2nccc2N1. The highest BCUT2D eigenvalue weighted by molar-refractivity contribution is 5.90. The number of nitrogens with zero attached hydrogens (tertiary/aromatic N) is 3. The van der Waals surface area contributed by atoms with Crippen molar-refractivity contribution in [3.8, 4) is 0 Å². The third-order valence-corrected chi connectivity index (χ3v) is 3.20. The van der Waals surface area contributed by atoms with Gasteiger partial charge in [0, 0.05) is 18.2 Å². The molecule has 0 amide bonds. The van der Waals surface area contributed by atoms with Gasteiger partial charge in [0.1, 0.15) is 11.5 Å². The zero-order valence-corrected chi connectivity index (χ0v) is 10.6. The number of hydrogen-bond acceptors (Lipinski definition) is 5. The van der Waals surface area contributed by atoms with E-state index < -0.39 is 16.9 Å². The molecule has 8 nitrogen and oxygen atoms in total. The van der Waals surface area contributed by atoms with Gasteiger partial charge >= 0.3 is 5.97 Å². The predicted octanol–water partition coefficient (Wildman–Crippen LogP) is 1.77. The smallest absolute Gasteiger partial charge is 0.352 e. The van der Waals surface area contributed by atoms with Gasteiger partial charge in [-0.2, -0.15) is 5.10 Å². The van der Waals surface area contributed by atoms with Gasteiger partial charge in [-0.25, -0.2) is 9.48 Å². The van der Waals surface area contributed by atoms with E-state index in [1.807, 2.05) is 0 Å². The van der Waals surface area contributed by atoms with Gasteiger partial charge in [-0.05, 0) is 23.8 Å². The standard InChI is InChI=1S/C13H10N4O4/c18-13(19)10-7-11(16-12(15-10)5-6-14-16)8-1-3-9(4-2-8)17(20)21/h1-7,11,15H,(H,18,19). The van der Waals surface area contributed by atoms with Crippen LogP contribution in [0.2, 0.25) is 0 Å². The summed E-state index contributed by atoms with van der Waals surface area (Å²) in [4.78, 5) is 21.3. The van der Waals surface area contributed by atoms with Crippen LogP contribution in [0.1, 0.15) is 11.6 Å². The lowest BCUT2D eigenvalue weighted by atomic mass is 10.0. The summed E-state index contributed by atoms with van der Waals surface area (Å²) in [6.45, 7) is 0. The van der Waals surface area contributed by atoms with E-state index in [4.69, 9.17) is 5.11 Å². The van der Waals surface area contributed by atoms with E-state index in [0.29, 0.717) is 11.4 Å². The quantitative estimate of drug-likeness (QED) is 0.657. The number of allylic oxidation sites excluding steroid dienone is 1. The Kier molecular flexibility index (Phi) is 2.90. The second-order valence-electron chi connectivity index (χ2n) is 4.46. The molecule has 0 fully saturated rings. The van der Waals surface area contributed by atoms with Gasteiger partial charge in [0.25, 0.3) is 5.69 Å². The van der Waals surface area contributed by atoms with Crippen molar-refractivity contribution in [2.24, 2.45) is 0 Å². The molecule has 0 bridgehead atoms. The molecule has 1 atom stereocenters. The van der Waals surface area contributed by atoms with Crippen molar-refractivity contribution in [2.75, 3.05) is 5.32 Å². The van der Waals surface area contributed by atoms with E-state index in [9.17, 15) is 14.9 Å². The summed E-state index contributed by atoms with van der Waals surface area (Å²) >= 11 is 0. The highest BCUT2D eigenvalue weighted by Crippen LogP contribution is 2.30. The average molecular weight is 286 g/mol. The third kappa shape index (κ3) is 2.22. The first kappa shape index (κ1) is 12.9. The maximum absolute atomic E-state index is 11.2. The number of carboxylic acid groups (broad SMARTS) is 1. The molecule has 2 heterocycles. The maximum atomic E-state index is 11.2. The van der Waals surface area contributed by atoms with E-state index in [1.165, 1.54) is 18.2 Å². The summed E-state index contributed by atoms with van der Waals surface area (Å²) in [6, 6.07) is 7.19. The highest BCUT2D eigenvalue weighted by Gasteiger charge is 2.24. The molecule has 0 saturated carbocycles. The van der Waals surface area contributed by atoms with Crippen LogP contribution < -0.4 is 5.32 Å². The molecular weight excluding hydrogens is 276 g/mol. The maximum Gasteiger partial charge on any atom is 0.352 e. The Morgan fingerprint density at radius 3 is 2.67 bits per heavy atom. The summed E-state index contributed by atoms with van der Waals surface area (Å²) in [5, 5.41) is 26.7. The Morgan fingerprint density at radius 2 is 2.05 bits per heavy atom. The van der Waals surface area contributed by atoms with Gasteiger partial charge in [0.05, 0.1) is 17.2 Å². The first-order chi connectivity index (χ1) is 10.1. The van der Waals surface area contributed by atoms with Gasteiger partial charge in [0.2, 0.25) is 0 Å². The molecule has 21 heavy (non-hydrogen) atoms. The number of nitro benzene ring substituents is 1. The van der Waals surface area contributed by atoms with Crippen LogP contribution in [-0.2, 0) is 4.79 Å². The Labute approximate surface area is 118 Å². The molecule has 3 rings (SSSR count). The fourth-order valence-electron chi connectivity index (χ4n) is 2.20. The van der Waals surface area contributed by atoms with Crippen LogP contribution in [-0.4, -0.2) is 25.8 Å². The van der Waals surface area contributed by atoms with Gasteiger partial charge < -0.3 is 10.4 Å². The number of aromatic nitrogens is 2. The van der Waals surface area contributed by atoms with Crippen LogP contribution in [0, 0.1) is 10.1 Å². The molecule has 1 aliphatic rings. The highest BCUT2D eigenvalue weighted by atomic mass is 16.6. The topological polar surface area (TPSA) is 110 Å². The predicted molar refractivity (Wildman–Crippen MR) is 72.8 cm³/mol. The third-order valence-electron chi connectivity index (χ3n) is 3.20. The van der Waals surface area contributed by atoms with Crippen LogP contribution in [0.3, 0.4) is 0 Å². The van der Waals surface area contributed by atoms with Gasteiger partial charge in [0.15, 0.2) is 0 Å².